The third-order valence-electron chi connectivity index (χ3n) is 3.56. The quantitative estimate of drug-likeness (QED) is 0.537. The molecule has 4 nitrogen and oxygen atoms in total. The van der Waals surface area contributed by atoms with E-state index in [1.165, 1.54) is 19.3 Å². The lowest BCUT2D eigenvalue weighted by Crippen LogP contribution is -2.44. The number of nitrogens with zero attached hydrogens (tertiary/aromatic N) is 2. The molecule has 0 atom stereocenters. The maximum Gasteiger partial charge on any atom is 0.188 e. The van der Waals surface area contributed by atoms with Gasteiger partial charge in [-0.05, 0) is 32.1 Å². The Morgan fingerprint density at radius 3 is 2.60 bits per heavy atom. The van der Waals surface area contributed by atoms with Crippen molar-refractivity contribution in [2.75, 3.05) is 6.54 Å². The van der Waals surface area contributed by atoms with Crippen LogP contribution < -0.4 is 11.1 Å². The van der Waals surface area contributed by atoms with Crippen molar-refractivity contribution in [2.45, 2.75) is 44.6 Å². The lowest BCUT2D eigenvalue weighted by molar-refractivity contribution is 0.226. The van der Waals surface area contributed by atoms with Crippen LogP contribution >= 0.6 is 0 Å². The average Bonchev–Trinajstić information content (AvgIpc) is 2.10. The zero-order valence-electron chi connectivity index (χ0n) is 9.00. The summed E-state index contributed by atoms with van der Waals surface area (Å²) in [6, 6.07) is 2.88. The Bertz CT molecular complexity index is 294. The number of guanidine groups is 1. The van der Waals surface area contributed by atoms with Gasteiger partial charge in [-0.2, -0.15) is 5.26 Å². The molecule has 2 aliphatic rings. The number of aliphatic imine (C=N–C) groups is 1. The first-order chi connectivity index (χ1) is 7.24. The highest BCUT2D eigenvalue weighted by molar-refractivity contribution is 5.78. The van der Waals surface area contributed by atoms with Crippen LogP contribution in [0.4, 0.5) is 0 Å². The Kier molecular flexibility index (Phi) is 2.81. The first-order valence-electron chi connectivity index (χ1n) is 5.72. The summed E-state index contributed by atoms with van der Waals surface area (Å²) in [7, 11) is 0. The molecule has 0 spiro atoms. The molecule has 0 radical (unpaired) electrons. The van der Waals surface area contributed by atoms with E-state index in [-0.39, 0.29) is 5.41 Å². The molecule has 82 valence electrons. The molecule has 0 heterocycles. The van der Waals surface area contributed by atoms with Crippen molar-refractivity contribution in [2.24, 2.45) is 16.1 Å². The fourth-order valence-corrected chi connectivity index (χ4v) is 1.95. The highest BCUT2D eigenvalue weighted by Gasteiger charge is 2.37. The molecule has 0 bridgehead atoms. The van der Waals surface area contributed by atoms with Gasteiger partial charge in [-0.25, -0.2) is 0 Å². The van der Waals surface area contributed by atoms with E-state index in [2.05, 4.69) is 16.4 Å². The minimum Gasteiger partial charge on any atom is -0.370 e. The Balaban J connectivity index is 1.79. The van der Waals surface area contributed by atoms with Gasteiger partial charge in [-0.3, -0.25) is 4.99 Å². The van der Waals surface area contributed by atoms with Crippen LogP contribution in [-0.2, 0) is 0 Å². The van der Waals surface area contributed by atoms with E-state index in [4.69, 9.17) is 11.0 Å². The van der Waals surface area contributed by atoms with Gasteiger partial charge in [-0.15, -0.1) is 0 Å². The molecule has 2 fully saturated rings. The van der Waals surface area contributed by atoms with Crippen molar-refractivity contribution in [3.8, 4) is 6.07 Å². The van der Waals surface area contributed by atoms with Gasteiger partial charge in [0.15, 0.2) is 5.96 Å². The molecule has 4 heteroatoms. The van der Waals surface area contributed by atoms with E-state index >= 15 is 0 Å². The molecular formula is C11H18N4. The van der Waals surface area contributed by atoms with Crippen LogP contribution in [-0.4, -0.2) is 18.5 Å². The largest absolute Gasteiger partial charge is 0.370 e. The van der Waals surface area contributed by atoms with E-state index in [9.17, 15) is 0 Å². The Labute approximate surface area is 90.6 Å². The molecule has 2 saturated carbocycles. The molecule has 0 aromatic carbocycles. The zero-order valence-corrected chi connectivity index (χ0v) is 9.00. The second-order valence-electron chi connectivity index (χ2n) is 4.72. The summed E-state index contributed by atoms with van der Waals surface area (Å²) in [4.78, 5) is 4.27. The predicted molar refractivity (Wildman–Crippen MR) is 59.2 cm³/mol. The maximum atomic E-state index is 9.01. The minimum absolute atomic E-state index is 0.202. The summed E-state index contributed by atoms with van der Waals surface area (Å²) in [5.74, 6) is 0.515. The Morgan fingerprint density at radius 2 is 2.20 bits per heavy atom. The lowest BCUT2D eigenvalue weighted by Gasteiger charge is -2.33. The molecule has 0 saturated heterocycles. The van der Waals surface area contributed by atoms with Gasteiger partial charge in [0.2, 0.25) is 0 Å². The van der Waals surface area contributed by atoms with E-state index < -0.39 is 0 Å². The molecule has 2 aliphatic carbocycles. The highest BCUT2D eigenvalue weighted by Crippen LogP contribution is 2.40. The van der Waals surface area contributed by atoms with Crippen molar-refractivity contribution in [1.29, 1.82) is 5.26 Å². The number of hydrogen-bond donors (Lipinski definition) is 2. The maximum absolute atomic E-state index is 9.01. The third kappa shape index (κ3) is 2.23. The topological polar surface area (TPSA) is 74.2 Å². The molecule has 2 rings (SSSR count). The summed E-state index contributed by atoms with van der Waals surface area (Å²) in [5, 5.41) is 12.2. The minimum atomic E-state index is -0.202. The van der Waals surface area contributed by atoms with Crippen LogP contribution in [0.3, 0.4) is 0 Å². The highest BCUT2D eigenvalue weighted by atomic mass is 15.1. The number of hydrogen-bond acceptors (Lipinski definition) is 2. The standard InChI is InChI=1S/C11H18N4/c12-7-11(5-2-6-11)8-14-10(13)15-9-3-1-4-9/h9H,1-6,8H2,(H3,13,14,15). The van der Waals surface area contributed by atoms with Crippen LogP contribution in [0.5, 0.6) is 0 Å². The predicted octanol–water partition coefficient (Wildman–Crippen LogP) is 1.14. The Morgan fingerprint density at radius 1 is 1.47 bits per heavy atom. The number of nitrogens with one attached hydrogen (secondary N) is 1. The zero-order chi connectivity index (χ0) is 10.7. The van der Waals surface area contributed by atoms with Crippen molar-refractivity contribution >= 4 is 5.96 Å². The normalized spacial score (nSPS) is 24.9. The summed E-state index contributed by atoms with van der Waals surface area (Å²) >= 11 is 0. The van der Waals surface area contributed by atoms with E-state index in [1.54, 1.807) is 0 Å². The summed E-state index contributed by atoms with van der Waals surface area (Å²) in [6.45, 7) is 0.565. The molecule has 0 aromatic heterocycles. The number of nitrogens with two attached hydrogens (primary N) is 1. The second-order valence-corrected chi connectivity index (χ2v) is 4.72. The fourth-order valence-electron chi connectivity index (χ4n) is 1.95. The SMILES string of the molecule is N#CC1(CN=C(N)NC2CCC2)CCC1. The summed E-state index contributed by atoms with van der Waals surface area (Å²) in [5.41, 5.74) is 5.55. The summed E-state index contributed by atoms with van der Waals surface area (Å²) < 4.78 is 0. The molecule has 0 aliphatic heterocycles. The van der Waals surface area contributed by atoms with E-state index in [1.807, 2.05) is 0 Å². The molecule has 0 aromatic rings. The Hall–Kier alpha value is -1.24. The molecule has 15 heavy (non-hydrogen) atoms. The van der Waals surface area contributed by atoms with Gasteiger partial charge in [0, 0.05) is 6.04 Å². The van der Waals surface area contributed by atoms with Crippen molar-refractivity contribution in [3.05, 3.63) is 0 Å². The number of nitriles is 1. The van der Waals surface area contributed by atoms with Crippen LogP contribution in [0.1, 0.15) is 38.5 Å². The van der Waals surface area contributed by atoms with Gasteiger partial charge in [0.05, 0.1) is 18.0 Å². The van der Waals surface area contributed by atoms with Gasteiger partial charge in [0.25, 0.3) is 0 Å². The van der Waals surface area contributed by atoms with Crippen LogP contribution in [0.2, 0.25) is 0 Å². The fraction of sp³-hybridized carbons (Fsp3) is 0.818. The third-order valence-corrected chi connectivity index (χ3v) is 3.56. The van der Waals surface area contributed by atoms with Gasteiger partial charge < -0.3 is 11.1 Å². The van der Waals surface area contributed by atoms with Gasteiger partial charge >= 0.3 is 0 Å². The van der Waals surface area contributed by atoms with Crippen LogP contribution in [0, 0.1) is 16.7 Å². The van der Waals surface area contributed by atoms with E-state index in [0.717, 1.165) is 19.3 Å². The molecule has 0 amide bonds. The summed E-state index contributed by atoms with van der Waals surface area (Å²) in [6.07, 6.45) is 6.78. The van der Waals surface area contributed by atoms with Crippen molar-refractivity contribution < 1.29 is 0 Å². The number of rotatable bonds is 3. The van der Waals surface area contributed by atoms with Gasteiger partial charge in [0.1, 0.15) is 0 Å². The smallest absolute Gasteiger partial charge is 0.188 e. The second kappa shape index (κ2) is 4.09. The molecule has 3 N–H and O–H groups in total. The van der Waals surface area contributed by atoms with Crippen LogP contribution in [0.25, 0.3) is 0 Å². The molecule has 0 unspecified atom stereocenters. The first kappa shape index (κ1) is 10.3. The van der Waals surface area contributed by atoms with Gasteiger partial charge in [-0.1, -0.05) is 6.42 Å². The van der Waals surface area contributed by atoms with Crippen molar-refractivity contribution in [1.82, 2.24) is 5.32 Å². The van der Waals surface area contributed by atoms with Crippen LogP contribution in [0.15, 0.2) is 4.99 Å². The van der Waals surface area contributed by atoms with E-state index in [0.29, 0.717) is 18.5 Å². The monoisotopic (exact) mass is 206 g/mol. The lowest BCUT2D eigenvalue weighted by atomic mass is 9.70. The first-order valence-corrected chi connectivity index (χ1v) is 5.72. The van der Waals surface area contributed by atoms with Crippen molar-refractivity contribution in [3.63, 3.8) is 0 Å². The molecular weight excluding hydrogens is 188 g/mol. The average molecular weight is 206 g/mol.